The number of amides is 1. The number of carbonyl (C=O) groups excluding carboxylic acids is 1. The summed E-state index contributed by atoms with van der Waals surface area (Å²) < 4.78 is 0. The molecule has 0 spiro atoms. The highest BCUT2D eigenvalue weighted by atomic mass is 32.1. The van der Waals surface area contributed by atoms with Crippen molar-refractivity contribution in [2.75, 3.05) is 7.05 Å². The minimum atomic E-state index is -0.157. The Bertz CT molecular complexity index is 601. The van der Waals surface area contributed by atoms with Crippen LogP contribution in [-0.2, 0) is 6.54 Å². The van der Waals surface area contributed by atoms with E-state index >= 15 is 0 Å². The molecule has 2 aromatic rings. The van der Waals surface area contributed by atoms with Crippen LogP contribution in [0.4, 0.5) is 0 Å². The first-order chi connectivity index (χ1) is 9.15. The maximum absolute atomic E-state index is 12.2. The van der Waals surface area contributed by atoms with Gasteiger partial charge in [0, 0.05) is 17.8 Å². The van der Waals surface area contributed by atoms with Crippen LogP contribution < -0.4 is 0 Å². The van der Waals surface area contributed by atoms with Gasteiger partial charge in [0.05, 0.1) is 17.7 Å². The molecule has 1 aliphatic rings. The SMILES string of the molecule is Cc1ncsc1CN(C)C(=O)c1n[nH]c(C2CC2)n1. The predicted octanol–water partition coefficient (Wildman–Crippen LogP) is 1.72. The molecule has 2 aromatic heterocycles. The van der Waals surface area contributed by atoms with Crippen LogP contribution in [0, 0.1) is 6.92 Å². The number of aryl methyl sites for hydroxylation is 1. The minimum absolute atomic E-state index is 0.157. The Morgan fingerprint density at radius 2 is 2.37 bits per heavy atom. The number of H-pyrrole nitrogens is 1. The van der Waals surface area contributed by atoms with Gasteiger partial charge in [0.25, 0.3) is 5.91 Å². The summed E-state index contributed by atoms with van der Waals surface area (Å²) in [5, 5.41) is 6.87. The monoisotopic (exact) mass is 277 g/mol. The third-order valence-electron chi connectivity index (χ3n) is 3.23. The number of nitrogens with zero attached hydrogens (tertiary/aromatic N) is 4. The Kier molecular flexibility index (Phi) is 3.06. The highest BCUT2D eigenvalue weighted by Gasteiger charge is 2.28. The number of rotatable bonds is 4. The summed E-state index contributed by atoms with van der Waals surface area (Å²) in [6.07, 6.45) is 2.28. The first-order valence-electron chi connectivity index (χ1n) is 6.22. The Hall–Kier alpha value is -1.76. The van der Waals surface area contributed by atoms with Gasteiger partial charge in [0.2, 0.25) is 5.82 Å². The molecule has 0 atom stereocenters. The third kappa shape index (κ3) is 2.51. The van der Waals surface area contributed by atoms with Gasteiger partial charge in [-0.05, 0) is 19.8 Å². The third-order valence-corrected chi connectivity index (χ3v) is 4.15. The zero-order valence-electron chi connectivity index (χ0n) is 10.9. The molecular weight excluding hydrogens is 262 g/mol. The summed E-state index contributed by atoms with van der Waals surface area (Å²) in [7, 11) is 1.76. The van der Waals surface area contributed by atoms with Crippen LogP contribution in [0.5, 0.6) is 0 Å². The van der Waals surface area contributed by atoms with E-state index in [0.29, 0.717) is 12.5 Å². The molecule has 2 heterocycles. The molecule has 0 aromatic carbocycles. The molecule has 7 heteroatoms. The molecule has 0 aliphatic heterocycles. The Labute approximate surface area is 114 Å². The highest BCUT2D eigenvalue weighted by molar-refractivity contribution is 7.09. The average molecular weight is 277 g/mol. The van der Waals surface area contributed by atoms with Gasteiger partial charge in [-0.2, -0.15) is 0 Å². The summed E-state index contributed by atoms with van der Waals surface area (Å²) in [5.74, 6) is 1.41. The summed E-state index contributed by atoms with van der Waals surface area (Å²) in [5.41, 5.74) is 2.76. The summed E-state index contributed by atoms with van der Waals surface area (Å²) >= 11 is 1.56. The summed E-state index contributed by atoms with van der Waals surface area (Å²) in [6.45, 7) is 2.49. The normalized spacial score (nSPS) is 14.6. The smallest absolute Gasteiger partial charge is 0.293 e. The molecule has 1 N–H and O–H groups in total. The molecule has 0 saturated heterocycles. The van der Waals surface area contributed by atoms with Crippen LogP contribution in [0.2, 0.25) is 0 Å². The average Bonchev–Trinajstić information content (AvgIpc) is 3.00. The number of hydrogen-bond acceptors (Lipinski definition) is 5. The van der Waals surface area contributed by atoms with Crippen LogP contribution in [0.1, 0.15) is 45.8 Å². The van der Waals surface area contributed by atoms with E-state index in [4.69, 9.17) is 0 Å². The van der Waals surface area contributed by atoms with E-state index < -0.39 is 0 Å². The molecular formula is C12H15N5OS. The number of nitrogens with one attached hydrogen (secondary N) is 1. The van der Waals surface area contributed by atoms with E-state index in [2.05, 4.69) is 20.2 Å². The van der Waals surface area contributed by atoms with Crippen LogP contribution in [0.25, 0.3) is 0 Å². The molecule has 3 rings (SSSR count). The first-order valence-corrected chi connectivity index (χ1v) is 7.10. The van der Waals surface area contributed by atoms with Crippen LogP contribution in [0.15, 0.2) is 5.51 Å². The van der Waals surface area contributed by atoms with E-state index in [-0.39, 0.29) is 11.7 Å². The Morgan fingerprint density at radius 3 is 3.00 bits per heavy atom. The summed E-state index contributed by atoms with van der Waals surface area (Å²) in [6, 6.07) is 0. The molecule has 100 valence electrons. The topological polar surface area (TPSA) is 74.8 Å². The summed E-state index contributed by atoms with van der Waals surface area (Å²) in [4.78, 5) is 23.4. The molecule has 1 saturated carbocycles. The molecule has 0 bridgehead atoms. The van der Waals surface area contributed by atoms with Crippen molar-refractivity contribution in [3.8, 4) is 0 Å². The Balaban J connectivity index is 1.69. The van der Waals surface area contributed by atoms with Crippen molar-refractivity contribution in [2.45, 2.75) is 32.2 Å². The first kappa shape index (κ1) is 12.3. The maximum atomic E-state index is 12.2. The van der Waals surface area contributed by atoms with Crippen molar-refractivity contribution in [3.63, 3.8) is 0 Å². The van der Waals surface area contributed by atoms with Crippen LogP contribution in [0.3, 0.4) is 0 Å². The van der Waals surface area contributed by atoms with Crippen LogP contribution >= 0.6 is 11.3 Å². The Morgan fingerprint density at radius 1 is 1.58 bits per heavy atom. The number of aromatic nitrogens is 4. The van der Waals surface area contributed by atoms with E-state index in [1.165, 1.54) is 0 Å². The second-order valence-corrected chi connectivity index (χ2v) is 5.78. The van der Waals surface area contributed by atoms with Crippen molar-refractivity contribution >= 4 is 17.2 Å². The molecule has 1 fully saturated rings. The molecule has 0 unspecified atom stereocenters. The van der Waals surface area contributed by atoms with Gasteiger partial charge < -0.3 is 4.90 Å². The van der Waals surface area contributed by atoms with E-state index in [1.54, 1.807) is 28.8 Å². The van der Waals surface area contributed by atoms with Gasteiger partial charge in [-0.3, -0.25) is 9.89 Å². The second kappa shape index (κ2) is 4.73. The van der Waals surface area contributed by atoms with Crippen molar-refractivity contribution in [3.05, 3.63) is 27.7 Å². The number of aromatic amines is 1. The molecule has 6 nitrogen and oxygen atoms in total. The fourth-order valence-electron chi connectivity index (χ4n) is 1.85. The fourth-order valence-corrected chi connectivity index (χ4v) is 2.67. The molecule has 19 heavy (non-hydrogen) atoms. The number of hydrogen-bond donors (Lipinski definition) is 1. The van der Waals surface area contributed by atoms with Gasteiger partial charge in [0.15, 0.2) is 0 Å². The largest absolute Gasteiger partial charge is 0.334 e. The van der Waals surface area contributed by atoms with Gasteiger partial charge in [-0.25, -0.2) is 9.97 Å². The van der Waals surface area contributed by atoms with E-state index in [0.717, 1.165) is 29.2 Å². The van der Waals surface area contributed by atoms with Crippen molar-refractivity contribution in [1.29, 1.82) is 0 Å². The standard InChI is InChI=1S/C12H15N5OS/c1-7-9(19-6-13-7)5-17(2)12(18)11-14-10(15-16-11)8-3-4-8/h6,8H,3-5H2,1-2H3,(H,14,15,16). The van der Waals surface area contributed by atoms with Gasteiger partial charge in [0.1, 0.15) is 5.82 Å². The van der Waals surface area contributed by atoms with Crippen molar-refractivity contribution < 1.29 is 4.79 Å². The number of carbonyl (C=O) groups is 1. The lowest BCUT2D eigenvalue weighted by atomic mass is 10.3. The fraction of sp³-hybridized carbons (Fsp3) is 0.500. The van der Waals surface area contributed by atoms with Gasteiger partial charge in [-0.1, -0.05) is 0 Å². The van der Waals surface area contributed by atoms with E-state index in [9.17, 15) is 4.79 Å². The van der Waals surface area contributed by atoms with Gasteiger partial charge in [-0.15, -0.1) is 16.4 Å². The van der Waals surface area contributed by atoms with Crippen LogP contribution in [-0.4, -0.2) is 38.0 Å². The van der Waals surface area contributed by atoms with E-state index in [1.807, 2.05) is 6.92 Å². The van der Waals surface area contributed by atoms with Crippen molar-refractivity contribution in [1.82, 2.24) is 25.1 Å². The lowest BCUT2D eigenvalue weighted by Gasteiger charge is -2.14. The quantitative estimate of drug-likeness (QED) is 0.923. The highest BCUT2D eigenvalue weighted by Crippen LogP contribution is 2.37. The maximum Gasteiger partial charge on any atom is 0.293 e. The lowest BCUT2D eigenvalue weighted by Crippen LogP contribution is -2.27. The predicted molar refractivity (Wildman–Crippen MR) is 71.0 cm³/mol. The van der Waals surface area contributed by atoms with Crippen molar-refractivity contribution in [2.24, 2.45) is 0 Å². The van der Waals surface area contributed by atoms with Gasteiger partial charge >= 0.3 is 0 Å². The molecule has 0 radical (unpaired) electrons. The lowest BCUT2D eigenvalue weighted by molar-refractivity contribution is 0.0774. The zero-order valence-corrected chi connectivity index (χ0v) is 11.7. The minimum Gasteiger partial charge on any atom is -0.334 e. The molecule has 1 aliphatic carbocycles. The molecule has 1 amide bonds. The second-order valence-electron chi connectivity index (χ2n) is 4.84. The number of thiazole rings is 1. The zero-order chi connectivity index (χ0) is 13.4.